The van der Waals surface area contributed by atoms with Crippen molar-refractivity contribution in [3.8, 4) is 11.3 Å². The second kappa shape index (κ2) is 9.78. The molecule has 1 fully saturated rings. The van der Waals surface area contributed by atoms with Gasteiger partial charge in [-0.3, -0.25) is 15.0 Å². The monoisotopic (exact) mass is 510 g/mol. The number of fused-ring (bicyclic) bond motifs is 1. The van der Waals surface area contributed by atoms with Gasteiger partial charge in [0.1, 0.15) is 6.23 Å². The van der Waals surface area contributed by atoms with Crippen molar-refractivity contribution in [3.63, 3.8) is 0 Å². The van der Waals surface area contributed by atoms with Gasteiger partial charge in [-0.25, -0.2) is 9.50 Å². The Hall–Kier alpha value is -3.05. The number of aliphatic hydroxyl groups excluding tert-OH is 1. The summed E-state index contributed by atoms with van der Waals surface area (Å²) in [5, 5.41) is 37.3. The van der Waals surface area contributed by atoms with Gasteiger partial charge >= 0.3 is 0 Å². The first-order valence-corrected chi connectivity index (χ1v) is 12.5. The Morgan fingerprint density at radius 3 is 2.53 bits per heavy atom. The van der Waals surface area contributed by atoms with Gasteiger partial charge in [0, 0.05) is 42.9 Å². The van der Waals surface area contributed by atoms with Crippen molar-refractivity contribution < 1.29 is 10.2 Å². The largest absolute Gasteiger partial charge is 0.390 e. The van der Waals surface area contributed by atoms with Gasteiger partial charge < -0.3 is 15.5 Å². The highest BCUT2D eigenvalue weighted by Crippen LogP contribution is 2.35. The second-order valence-corrected chi connectivity index (χ2v) is 10.5. The first-order chi connectivity index (χ1) is 17.2. The first kappa shape index (κ1) is 24.6. The first-order valence-electron chi connectivity index (χ1n) is 12.1. The molecule has 4 N–H and O–H groups in total. The third kappa shape index (κ3) is 5.22. The molecule has 5 rings (SSSR count). The average molecular weight is 511 g/mol. The van der Waals surface area contributed by atoms with E-state index >= 15 is 0 Å². The van der Waals surface area contributed by atoms with Crippen molar-refractivity contribution in [2.75, 3.05) is 5.32 Å². The SMILES string of the molecule is Cn1cc(Nc2cc(-c3cnn4cc(Cl)cnc34)ncc2C(O)N[C@H]2CC[C@H](C(C)(C)O)CC2)cn1. The molecule has 1 aliphatic carbocycles. The predicted molar refractivity (Wildman–Crippen MR) is 138 cm³/mol. The van der Waals surface area contributed by atoms with E-state index in [1.54, 1.807) is 40.2 Å². The van der Waals surface area contributed by atoms with Crippen LogP contribution in [-0.4, -0.2) is 51.2 Å². The molecule has 1 atom stereocenters. The number of aryl methyl sites for hydroxylation is 1. The van der Waals surface area contributed by atoms with Gasteiger partial charge in [0.25, 0.3) is 0 Å². The summed E-state index contributed by atoms with van der Waals surface area (Å²) >= 11 is 6.05. The maximum absolute atomic E-state index is 11.2. The summed E-state index contributed by atoms with van der Waals surface area (Å²) in [7, 11) is 1.85. The molecule has 0 aliphatic heterocycles. The number of aromatic nitrogens is 6. The smallest absolute Gasteiger partial charge is 0.164 e. The van der Waals surface area contributed by atoms with E-state index in [1.165, 1.54) is 0 Å². The van der Waals surface area contributed by atoms with Crippen molar-refractivity contribution in [1.29, 1.82) is 0 Å². The third-order valence-electron chi connectivity index (χ3n) is 6.93. The number of nitrogens with zero attached hydrogens (tertiary/aromatic N) is 6. The van der Waals surface area contributed by atoms with Crippen LogP contribution in [0.3, 0.4) is 0 Å². The fourth-order valence-corrected chi connectivity index (χ4v) is 5.03. The zero-order chi connectivity index (χ0) is 25.4. The van der Waals surface area contributed by atoms with Crippen LogP contribution in [0.25, 0.3) is 16.9 Å². The summed E-state index contributed by atoms with van der Waals surface area (Å²) in [4.78, 5) is 9.05. The molecule has 0 saturated heterocycles. The number of nitrogens with one attached hydrogen (secondary N) is 2. The highest BCUT2D eigenvalue weighted by atomic mass is 35.5. The number of aliphatic hydroxyl groups is 2. The lowest BCUT2D eigenvalue weighted by Crippen LogP contribution is -2.41. The zero-order valence-electron chi connectivity index (χ0n) is 20.6. The van der Waals surface area contributed by atoms with Gasteiger partial charge in [-0.15, -0.1) is 0 Å². The Balaban J connectivity index is 1.42. The van der Waals surface area contributed by atoms with E-state index in [0.29, 0.717) is 27.6 Å². The van der Waals surface area contributed by atoms with Crippen LogP contribution in [0.4, 0.5) is 11.4 Å². The predicted octanol–water partition coefficient (Wildman–Crippen LogP) is 3.83. The van der Waals surface area contributed by atoms with Crippen LogP contribution in [0.5, 0.6) is 0 Å². The van der Waals surface area contributed by atoms with E-state index in [-0.39, 0.29) is 12.0 Å². The van der Waals surface area contributed by atoms with Crippen LogP contribution in [-0.2, 0) is 7.05 Å². The van der Waals surface area contributed by atoms with Gasteiger partial charge in [-0.2, -0.15) is 10.2 Å². The highest BCUT2D eigenvalue weighted by molar-refractivity contribution is 6.30. The third-order valence-corrected chi connectivity index (χ3v) is 7.13. The highest BCUT2D eigenvalue weighted by Gasteiger charge is 2.32. The molecule has 10 nitrogen and oxygen atoms in total. The molecule has 4 heterocycles. The van der Waals surface area contributed by atoms with Gasteiger partial charge in [-0.05, 0) is 51.5 Å². The molecule has 1 aliphatic rings. The lowest BCUT2D eigenvalue weighted by Gasteiger charge is -2.37. The van der Waals surface area contributed by atoms with Gasteiger partial charge in [0.15, 0.2) is 5.65 Å². The fraction of sp³-hybridized carbons (Fsp3) is 0.440. The number of rotatable bonds is 7. The molecule has 0 amide bonds. The molecule has 0 radical (unpaired) electrons. The Morgan fingerprint density at radius 2 is 1.83 bits per heavy atom. The summed E-state index contributed by atoms with van der Waals surface area (Å²) in [5.41, 5.74) is 3.48. The van der Waals surface area contributed by atoms with E-state index in [2.05, 4.69) is 30.8 Å². The summed E-state index contributed by atoms with van der Waals surface area (Å²) in [5.74, 6) is 0.269. The van der Waals surface area contributed by atoms with Crippen molar-refractivity contribution in [1.82, 2.24) is 34.7 Å². The molecular weight excluding hydrogens is 480 g/mol. The van der Waals surface area contributed by atoms with Crippen molar-refractivity contribution in [3.05, 3.63) is 53.8 Å². The van der Waals surface area contributed by atoms with E-state index in [4.69, 9.17) is 11.6 Å². The van der Waals surface area contributed by atoms with E-state index in [1.807, 2.05) is 33.2 Å². The average Bonchev–Trinajstić information content (AvgIpc) is 3.44. The Labute approximate surface area is 214 Å². The van der Waals surface area contributed by atoms with E-state index in [0.717, 1.165) is 36.9 Å². The van der Waals surface area contributed by atoms with Gasteiger partial charge in [0.05, 0.1) is 46.2 Å². The molecule has 0 bridgehead atoms. The molecule has 4 aromatic heterocycles. The molecule has 36 heavy (non-hydrogen) atoms. The Kier molecular flexibility index (Phi) is 6.69. The van der Waals surface area contributed by atoms with Crippen LogP contribution >= 0.6 is 11.6 Å². The lowest BCUT2D eigenvalue weighted by atomic mass is 9.77. The second-order valence-electron chi connectivity index (χ2n) is 10.1. The van der Waals surface area contributed by atoms with E-state index < -0.39 is 11.8 Å². The van der Waals surface area contributed by atoms with E-state index in [9.17, 15) is 10.2 Å². The van der Waals surface area contributed by atoms with Crippen LogP contribution in [0.1, 0.15) is 51.3 Å². The van der Waals surface area contributed by atoms with Crippen LogP contribution in [0.15, 0.2) is 43.2 Å². The molecule has 0 spiro atoms. The van der Waals surface area contributed by atoms with Crippen LogP contribution in [0.2, 0.25) is 5.02 Å². The van der Waals surface area contributed by atoms with Crippen LogP contribution in [0, 0.1) is 5.92 Å². The summed E-state index contributed by atoms with van der Waals surface area (Å²) in [6, 6.07) is 2.03. The summed E-state index contributed by atoms with van der Waals surface area (Å²) in [6.45, 7) is 3.75. The quantitative estimate of drug-likeness (QED) is 0.276. The van der Waals surface area contributed by atoms with Crippen LogP contribution < -0.4 is 10.6 Å². The van der Waals surface area contributed by atoms with Gasteiger partial charge in [0.2, 0.25) is 0 Å². The maximum atomic E-state index is 11.2. The van der Waals surface area contributed by atoms with Crippen molar-refractivity contribution in [2.24, 2.45) is 13.0 Å². The number of hydrogen-bond donors (Lipinski definition) is 4. The van der Waals surface area contributed by atoms with Crippen molar-refractivity contribution >= 4 is 28.6 Å². The molecule has 11 heteroatoms. The Bertz CT molecular complexity index is 1350. The Morgan fingerprint density at radius 1 is 1.06 bits per heavy atom. The number of halogens is 1. The molecule has 4 aromatic rings. The molecular formula is C25H31ClN8O2. The fourth-order valence-electron chi connectivity index (χ4n) is 4.89. The number of hydrogen-bond acceptors (Lipinski definition) is 8. The van der Waals surface area contributed by atoms with Crippen molar-refractivity contribution in [2.45, 2.75) is 57.4 Å². The topological polar surface area (TPSA) is 125 Å². The minimum Gasteiger partial charge on any atom is -0.390 e. The van der Waals surface area contributed by atoms with Gasteiger partial charge in [-0.1, -0.05) is 11.6 Å². The zero-order valence-corrected chi connectivity index (χ0v) is 21.3. The molecule has 190 valence electrons. The number of anilines is 2. The maximum Gasteiger partial charge on any atom is 0.164 e. The standard InChI is InChI=1S/C25H31ClN8O2/c1-25(2,36)15-4-6-17(7-5-15)32-24(35)20-11-27-21(8-22(20)31-18-10-29-33(3)14-18)19-12-30-34-13-16(26)9-28-23(19)34/h8-15,17,24,32,35-36H,4-7H2,1-3H3,(H,27,31)/t15-,17-,24?. The number of pyridine rings is 1. The normalized spacial score (nSPS) is 19.5. The molecule has 1 saturated carbocycles. The molecule has 1 unspecified atom stereocenters. The summed E-state index contributed by atoms with van der Waals surface area (Å²) < 4.78 is 3.32. The lowest BCUT2D eigenvalue weighted by molar-refractivity contribution is -0.00655. The minimum atomic E-state index is -0.921. The minimum absolute atomic E-state index is 0.151. The molecule has 0 aromatic carbocycles. The summed E-state index contributed by atoms with van der Waals surface area (Å²) in [6.07, 6.45) is 12.9.